The van der Waals surface area contributed by atoms with E-state index < -0.39 is 12.7 Å². The first-order valence-corrected chi connectivity index (χ1v) is 7.21. The zero-order chi connectivity index (χ0) is 17.3. The molecule has 0 aliphatic heterocycles. The highest BCUT2D eigenvalue weighted by molar-refractivity contribution is 5.89. The van der Waals surface area contributed by atoms with Gasteiger partial charge in [0.05, 0.1) is 23.0 Å². The summed E-state index contributed by atoms with van der Waals surface area (Å²) in [6.07, 6.45) is -0.143. The molecule has 24 heavy (non-hydrogen) atoms. The van der Waals surface area contributed by atoms with Gasteiger partial charge in [0.25, 0.3) is 0 Å². The number of fused-ring (bicyclic) bond motifs is 1. The topological polar surface area (TPSA) is 64.3 Å². The lowest BCUT2D eigenvalue weighted by molar-refractivity contribution is -0.0498. The third-order valence-corrected chi connectivity index (χ3v) is 3.55. The van der Waals surface area contributed by atoms with Crippen molar-refractivity contribution in [2.45, 2.75) is 19.6 Å². The lowest BCUT2D eigenvalue weighted by Crippen LogP contribution is -2.03. The highest BCUT2D eigenvalue weighted by Crippen LogP contribution is 2.28. The monoisotopic (exact) mass is 332 g/mol. The van der Waals surface area contributed by atoms with Crippen molar-refractivity contribution in [1.29, 1.82) is 0 Å². The second-order valence-corrected chi connectivity index (χ2v) is 5.24. The number of aliphatic hydroxyl groups excluding tert-OH is 1. The van der Waals surface area contributed by atoms with Gasteiger partial charge in [0.2, 0.25) is 0 Å². The second-order valence-electron chi connectivity index (χ2n) is 5.24. The standard InChI is InChI=1S/C17H14F2N2O3/c1-10(23)16-14-7-11(9-22)5-6-15(14)21(20-16)12-3-2-4-13(8-12)24-17(18)19/h2-10,17,23H,1H3. The molecule has 7 heteroatoms. The molecule has 1 unspecified atom stereocenters. The normalized spacial score (nSPS) is 12.5. The molecule has 0 aliphatic rings. The van der Waals surface area contributed by atoms with Gasteiger partial charge in [-0.3, -0.25) is 4.79 Å². The van der Waals surface area contributed by atoms with Gasteiger partial charge in [-0.05, 0) is 37.3 Å². The van der Waals surface area contributed by atoms with Gasteiger partial charge in [0.15, 0.2) is 0 Å². The van der Waals surface area contributed by atoms with E-state index >= 15 is 0 Å². The first kappa shape index (κ1) is 16.1. The van der Waals surface area contributed by atoms with Crippen LogP contribution in [0.25, 0.3) is 16.6 Å². The largest absolute Gasteiger partial charge is 0.435 e. The fourth-order valence-electron chi connectivity index (χ4n) is 2.53. The predicted octanol–water partition coefficient (Wildman–Crippen LogP) is 3.49. The van der Waals surface area contributed by atoms with Gasteiger partial charge in [-0.15, -0.1) is 0 Å². The zero-order valence-corrected chi connectivity index (χ0v) is 12.7. The molecular formula is C17H14F2N2O3. The molecule has 2 aromatic carbocycles. The molecule has 0 amide bonds. The summed E-state index contributed by atoms with van der Waals surface area (Å²) in [6, 6.07) is 11.1. The number of rotatable bonds is 5. The number of alkyl halides is 2. The van der Waals surface area contributed by atoms with Crippen LogP contribution < -0.4 is 4.74 Å². The highest BCUT2D eigenvalue weighted by Gasteiger charge is 2.16. The summed E-state index contributed by atoms with van der Waals surface area (Å²) >= 11 is 0. The number of aliphatic hydroxyl groups is 1. The molecule has 0 fully saturated rings. The van der Waals surface area contributed by atoms with Crippen LogP contribution in [0.2, 0.25) is 0 Å². The first-order valence-electron chi connectivity index (χ1n) is 7.21. The van der Waals surface area contributed by atoms with Crippen molar-refractivity contribution in [3.05, 3.63) is 53.7 Å². The van der Waals surface area contributed by atoms with Crippen LogP contribution in [0.5, 0.6) is 5.75 Å². The van der Waals surface area contributed by atoms with E-state index in [2.05, 4.69) is 9.84 Å². The van der Waals surface area contributed by atoms with E-state index in [4.69, 9.17) is 0 Å². The molecule has 1 N–H and O–H groups in total. The minimum absolute atomic E-state index is 0.00857. The van der Waals surface area contributed by atoms with Gasteiger partial charge in [0.1, 0.15) is 12.0 Å². The number of hydrogen-bond donors (Lipinski definition) is 1. The maximum absolute atomic E-state index is 12.4. The van der Waals surface area contributed by atoms with Gasteiger partial charge in [-0.1, -0.05) is 6.07 Å². The first-order chi connectivity index (χ1) is 11.5. The van der Waals surface area contributed by atoms with E-state index in [9.17, 15) is 18.7 Å². The number of carbonyl (C=O) groups excluding carboxylic acids is 1. The van der Waals surface area contributed by atoms with Crippen molar-refractivity contribution in [2.75, 3.05) is 0 Å². The van der Waals surface area contributed by atoms with Crippen LogP contribution in [-0.4, -0.2) is 27.8 Å². The fourth-order valence-corrected chi connectivity index (χ4v) is 2.53. The Kier molecular flexibility index (Phi) is 4.26. The van der Waals surface area contributed by atoms with E-state index in [0.29, 0.717) is 34.1 Å². The Labute approximate surface area is 136 Å². The average molecular weight is 332 g/mol. The molecular weight excluding hydrogens is 318 g/mol. The molecule has 0 saturated heterocycles. The lowest BCUT2D eigenvalue weighted by atomic mass is 10.1. The summed E-state index contributed by atoms with van der Waals surface area (Å²) < 4.78 is 30.7. The van der Waals surface area contributed by atoms with Gasteiger partial charge in [0, 0.05) is 17.0 Å². The van der Waals surface area contributed by atoms with Crippen LogP contribution in [0.3, 0.4) is 0 Å². The quantitative estimate of drug-likeness (QED) is 0.727. The van der Waals surface area contributed by atoms with Crippen LogP contribution in [0, 0.1) is 0 Å². The van der Waals surface area contributed by atoms with E-state index in [1.807, 2.05) is 0 Å². The third kappa shape index (κ3) is 2.98. The molecule has 0 aliphatic carbocycles. The summed E-state index contributed by atoms with van der Waals surface area (Å²) in [5.41, 5.74) is 2.00. The third-order valence-electron chi connectivity index (χ3n) is 3.55. The summed E-state index contributed by atoms with van der Waals surface area (Å²) in [4.78, 5) is 11.0. The maximum Gasteiger partial charge on any atom is 0.387 e. The molecule has 3 aromatic rings. The van der Waals surface area contributed by atoms with Crippen molar-refractivity contribution in [3.63, 3.8) is 0 Å². The number of benzene rings is 2. The molecule has 0 radical (unpaired) electrons. The summed E-state index contributed by atoms with van der Waals surface area (Å²) in [5.74, 6) is 0.00857. The predicted molar refractivity (Wildman–Crippen MR) is 83.7 cm³/mol. The molecule has 0 bridgehead atoms. The van der Waals surface area contributed by atoms with Crippen LogP contribution in [0.15, 0.2) is 42.5 Å². The molecule has 0 spiro atoms. The summed E-state index contributed by atoms with van der Waals surface area (Å²) in [5, 5.41) is 14.9. The fraction of sp³-hybridized carbons (Fsp3) is 0.176. The minimum Gasteiger partial charge on any atom is -0.435 e. The number of aromatic nitrogens is 2. The van der Waals surface area contributed by atoms with E-state index in [1.54, 1.807) is 37.3 Å². The van der Waals surface area contributed by atoms with Gasteiger partial charge >= 0.3 is 6.61 Å². The highest BCUT2D eigenvalue weighted by atomic mass is 19.3. The van der Waals surface area contributed by atoms with E-state index in [1.165, 1.54) is 16.8 Å². The number of nitrogens with zero attached hydrogens (tertiary/aromatic N) is 2. The molecule has 1 aromatic heterocycles. The van der Waals surface area contributed by atoms with E-state index in [0.717, 1.165) is 0 Å². The van der Waals surface area contributed by atoms with Crippen molar-refractivity contribution >= 4 is 17.2 Å². The van der Waals surface area contributed by atoms with Crippen LogP contribution in [-0.2, 0) is 0 Å². The Morgan fingerprint density at radius 3 is 2.71 bits per heavy atom. The Morgan fingerprint density at radius 2 is 2.04 bits per heavy atom. The molecule has 5 nitrogen and oxygen atoms in total. The number of hydrogen-bond acceptors (Lipinski definition) is 4. The van der Waals surface area contributed by atoms with Crippen molar-refractivity contribution in [2.24, 2.45) is 0 Å². The Hall–Kier alpha value is -2.80. The van der Waals surface area contributed by atoms with Crippen LogP contribution in [0.1, 0.15) is 29.1 Å². The van der Waals surface area contributed by atoms with Crippen LogP contribution in [0.4, 0.5) is 8.78 Å². The molecule has 0 saturated carbocycles. The Balaban J connectivity index is 2.18. The van der Waals surface area contributed by atoms with Crippen molar-refractivity contribution < 1.29 is 23.4 Å². The number of ether oxygens (including phenoxy) is 1. The smallest absolute Gasteiger partial charge is 0.387 e. The Bertz CT molecular complexity index is 891. The summed E-state index contributed by atoms with van der Waals surface area (Å²) in [6.45, 7) is -1.35. The van der Waals surface area contributed by atoms with Gasteiger partial charge < -0.3 is 9.84 Å². The van der Waals surface area contributed by atoms with E-state index in [-0.39, 0.29) is 5.75 Å². The van der Waals surface area contributed by atoms with Crippen molar-refractivity contribution in [3.8, 4) is 11.4 Å². The number of aldehydes is 1. The van der Waals surface area contributed by atoms with Gasteiger partial charge in [-0.2, -0.15) is 13.9 Å². The number of halogens is 2. The zero-order valence-electron chi connectivity index (χ0n) is 12.7. The van der Waals surface area contributed by atoms with Gasteiger partial charge in [-0.25, -0.2) is 4.68 Å². The van der Waals surface area contributed by atoms with Crippen LogP contribution >= 0.6 is 0 Å². The molecule has 1 atom stereocenters. The Morgan fingerprint density at radius 1 is 1.25 bits per heavy atom. The molecule has 124 valence electrons. The minimum atomic E-state index is -2.92. The summed E-state index contributed by atoms with van der Waals surface area (Å²) in [7, 11) is 0. The SMILES string of the molecule is CC(O)c1nn(-c2cccc(OC(F)F)c2)c2ccc(C=O)cc12. The maximum atomic E-state index is 12.4. The van der Waals surface area contributed by atoms with Crippen molar-refractivity contribution in [1.82, 2.24) is 9.78 Å². The molecule has 1 heterocycles. The molecule has 3 rings (SSSR count). The average Bonchev–Trinajstić information content (AvgIpc) is 2.93. The number of carbonyl (C=O) groups is 1. The lowest BCUT2D eigenvalue weighted by Gasteiger charge is -2.08. The second kappa shape index (κ2) is 6.37.